The van der Waals surface area contributed by atoms with E-state index < -0.39 is 156 Å². The summed E-state index contributed by atoms with van der Waals surface area (Å²) >= 11 is 0. The Kier molecular flexibility index (Phi) is 31.0. The fourth-order valence-electron chi connectivity index (χ4n) is 11.0. The van der Waals surface area contributed by atoms with Crippen molar-refractivity contribution in [3.8, 4) is 0 Å². The van der Waals surface area contributed by atoms with Crippen LogP contribution < -0.4 is 21.3 Å². The summed E-state index contributed by atoms with van der Waals surface area (Å²) in [5, 5.41) is 23.1. The van der Waals surface area contributed by atoms with E-state index >= 15 is 9.59 Å². The van der Waals surface area contributed by atoms with E-state index in [1.54, 1.807) is 91.0 Å². The van der Waals surface area contributed by atoms with Crippen molar-refractivity contribution in [1.82, 2.24) is 55.6 Å². The average molecular weight is 1240 g/mol. The smallest absolute Gasteiger partial charge is 0.246 e. The lowest BCUT2D eigenvalue weighted by atomic mass is 9.91. The standard InChI is InChI=1S/C65H109N11O12/c1-23-25-29-42(13)55(78)54-59(82)68-46(24-2)61(84)70(16)36-51(77)71(17)48(35-45-30-27-26-28-31-45)58(81)69-52(40(9)10)64(87)72(18)47(32-37(3)4)57(80)66-43(14)56(79)67-44(15)60(83)73(19)49(33-38(5)6)62(85)74(20)50(34-39(7)8)63(86)75(21)53(41(11)12)65(88)76(54)22/h23,25-28,30-31,37-44,46-50,52-55,78H,24,29,32-36H2,1-22H3,(H,66,80)(H,67,79)(H,68,82)(H,69,81)/b25-23+/t42-,43+,44-,46+,47+,48+,49+,50-,52+,53+,54+,55-/m1/s1. The molecule has 1 aromatic carbocycles. The van der Waals surface area contributed by atoms with Crippen LogP contribution in [0.5, 0.6) is 0 Å². The zero-order valence-corrected chi connectivity index (χ0v) is 56.9. The average Bonchev–Trinajstić information content (AvgIpc) is 3.17. The van der Waals surface area contributed by atoms with Gasteiger partial charge in [0.2, 0.25) is 65.0 Å². The molecule has 12 atom stereocenters. The highest BCUT2D eigenvalue weighted by Crippen LogP contribution is 2.26. The molecule has 0 unspecified atom stereocenters. The lowest BCUT2D eigenvalue weighted by molar-refractivity contribution is -0.157. The first-order chi connectivity index (χ1) is 40.9. The van der Waals surface area contributed by atoms with Crippen molar-refractivity contribution in [1.29, 1.82) is 0 Å². The molecule has 88 heavy (non-hydrogen) atoms. The van der Waals surface area contributed by atoms with Crippen LogP contribution >= 0.6 is 0 Å². The number of aliphatic hydroxyl groups is 1. The van der Waals surface area contributed by atoms with Gasteiger partial charge in [-0.15, -0.1) is 0 Å². The molecule has 496 valence electrons. The second-order valence-corrected chi connectivity index (χ2v) is 26.2. The number of hydrogen-bond acceptors (Lipinski definition) is 12. The van der Waals surface area contributed by atoms with Crippen LogP contribution in [0.25, 0.3) is 0 Å². The molecule has 1 heterocycles. The van der Waals surface area contributed by atoms with E-state index in [1.165, 1.54) is 87.7 Å². The van der Waals surface area contributed by atoms with Gasteiger partial charge in [0.05, 0.1) is 12.6 Å². The molecule has 0 saturated carbocycles. The summed E-state index contributed by atoms with van der Waals surface area (Å²) < 4.78 is 0. The number of likely N-dealkylation sites (N-methyl/N-ethyl adjacent to an activating group) is 7. The molecular weight excluding hydrogens is 1130 g/mol. The number of benzene rings is 1. The summed E-state index contributed by atoms with van der Waals surface area (Å²) in [6.07, 6.45) is 2.82. The van der Waals surface area contributed by atoms with Crippen molar-refractivity contribution in [2.45, 2.75) is 209 Å². The van der Waals surface area contributed by atoms with E-state index in [0.29, 0.717) is 12.0 Å². The lowest BCUT2D eigenvalue weighted by Crippen LogP contribution is -2.63. The van der Waals surface area contributed by atoms with Gasteiger partial charge in [-0.3, -0.25) is 52.7 Å². The third-order valence-corrected chi connectivity index (χ3v) is 16.7. The summed E-state index contributed by atoms with van der Waals surface area (Å²) in [5.74, 6) is -9.79. The van der Waals surface area contributed by atoms with Crippen LogP contribution in [0, 0.1) is 35.5 Å². The molecule has 5 N–H and O–H groups in total. The first-order valence-electron chi connectivity index (χ1n) is 31.3. The molecule has 0 bridgehead atoms. The maximum Gasteiger partial charge on any atom is 0.246 e. The molecule has 1 aromatic rings. The minimum atomic E-state index is -1.62. The van der Waals surface area contributed by atoms with Gasteiger partial charge in [0.15, 0.2) is 0 Å². The number of nitrogens with one attached hydrogen (secondary N) is 4. The first-order valence-corrected chi connectivity index (χ1v) is 31.3. The minimum absolute atomic E-state index is 0.00963. The van der Waals surface area contributed by atoms with E-state index in [9.17, 15) is 48.3 Å². The van der Waals surface area contributed by atoms with Crippen molar-refractivity contribution < 1.29 is 57.8 Å². The first kappa shape index (κ1) is 77.2. The van der Waals surface area contributed by atoms with Gasteiger partial charge >= 0.3 is 0 Å². The van der Waals surface area contributed by atoms with Crippen molar-refractivity contribution in [3.05, 3.63) is 48.0 Å². The molecule has 0 aliphatic carbocycles. The van der Waals surface area contributed by atoms with Gasteiger partial charge in [0.1, 0.15) is 60.4 Å². The van der Waals surface area contributed by atoms with Crippen molar-refractivity contribution in [2.75, 3.05) is 55.9 Å². The zero-order valence-electron chi connectivity index (χ0n) is 56.9. The summed E-state index contributed by atoms with van der Waals surface area (Å²) in [6.45, 7) is 25.5. The van der Waals surface area contributed by atoms with Crippen LogP contribution in [0.1, 0.15) is 142 Å². The van der Waals surface area contributed by atoms with Crippen LogP contribution in [0.4, 0.5) is 0 Å². The molecule has 1 aliphatic rings. The molecule has 0 radical (unpaired) electrons. The van der Waals surface area contributed by atoms with Gasteiger partial charge in [-0.2, -0.15) is 0 Å². The number of carbonyl (C=O) groups is 11. The van der Waals surface area contributed by atoms with E-state index in [-0.39, 0.29) is 49.9 Å². The van der Waals surface area contributed by atoms with E-state index in [4.69, 9.17) is 0 Å². The quantitative estimate of drug-likeness (QED) is 0.158. The Hall–Kier alpha value is -6.91. The molecule has 11 amide bonds. The third-order valence-electron chi connectivity index (χ3n) is 16.7. The van der Waals surface area contributed by atoms with E-state index in [2.05, 4.69) is 21.3 Å². The molecule has 23 heteroatoms. The number of hydrogen-bond donors (Lipinski definition) is 5. The van der Waals surface area contributed by atoms with Crippen LogP contribution in [-0.2, 0) is 59.2 Å². The molecule has 23 nitrogen and oxygen atoms in total. The second-order valence-electron chi connectivity index (χ2n) is 26.2. The van der Waals surface area contributed by atoms with Crippen molar-refractivity contribution >= 4 is 65.0 Å². The maximum atomic E-state index is 15.2. The molecule has 1 saturated heterocycles. The highest BCUT2D eigenvalue weighted by atomic mass is 16.3. The van der Waals surface area contributed by atoms with Crippen molar-refractivity contribution in [3.63, 3.8) is 0 Å². The predicted octanol–water partition coefficient (Wildman–Crippen LogP) is 3.47. The molecule has 2 rings (SSSR count). The van der Waals surface area contributed by atoms with Crippen LogP contribution in [0.2, 0.25) is 0 Å². The summed E-state index contributed by atoms with van der Waals surface area (Å²) in [5.41, 5.74) is 0.674. The van der Waals surface area contributed by atoms with Crippen LogP contribution in [0.3, 0.4) is 0 Å². The fourth-order valence-corrected chi connectivity index (χ4v) is 11.0. The molecular formula is C65H109N11O12. The van der Waals surface area contributed by atoms with Gasteiger partial charge in [0, 0.05) is 55.8 Å². The normalized spacial score (nSPS) is 26.3. The van der Waals surface area contributed by atoms with Crippen LogP contribution in [-0.4, -0.2) is 227 Å². The molecule has 0 spiro atoms. The Morgan fingerprint density at radius 2 is 0.966 bits per heavy atom. The second kappa shape index (κ2) is 35.3. The van der Waals surface area contributed by atoms with Crippen molar-refractivity contribution in [2.24, 2.45) is 35.5 Å². The summed E-state index contributed by atoms with van der Waals surface area (Å²) in [7, 11) is 9.89. The molecule has 0 aromatic heterocycles. The van der Waals surface area contributed by atoms with Gasteiger partial charge in [-0.05, 0) is 93.9 Å². The Balaban J connectivity index is 3.00. The number of carbonyl (C=O) groups excluding carboxylic acids is 11. The van der Waals surface area contributed by atoms with E-state index in [0.717, 1.165) is 9.80 Å². The summed E-state index contributed by atoms with van der Waals surface area (Å²) in [4.78, 5) is 170. The molecule has 1 aliphatic heterocycles. The SMILES string of the molecule is C/C=C/C[C@@H](C)[C@@H](O)[C@H]1C(=O)N[C@@H](CC)C(=O)N(C)CC(=O)N(C)[C@@H](Cc2ccccc2)C(=O)N[C@@H](C(C)C)C(=O)N(C)[C@@H](CC(C)C)C(=O)N[C@@H](C)C(=O)N[C@H](C)C(=O)N(C)[C@@H](CC(C)C)C(=O)N(C)[C@H](CC(C)C)C(=O)N(C)[C@@H](C(C)C)C(=O)N1C. The number of allylic oxidation sites excluding steroid dienone is 2. The van der Waals surface area contributed by atoms with Gasteiger partial charge in [-0.1, -0.05) is 126 Å². The zero-order chi connectivity index (χ0) is 67.5. The Labute approximate surface area is 524 Å². The Morgan fingerprint density at radius 3 is 1.45 bits per heavy atom. The monoisotopic (exact) mass is 1240 g/mol. The maximum absolute atomic E-state index is 15.2. The largest absolute Gasteiger partial charge is 0.390 e. The molecule has 1 fully saturated rings. The third kappa shape index (κ3) is 21.1. The van der Waals surface area contributed by atoms with Gasteiger partial charge < -0.3 is 60.7 Å². The lowest BCUT2D eigenvalue weighted by Gasteiger charge is -2.41. The summed E-state index contributed by atoms with van der Waals surface area (Å²) in [6, 6.07) is -3.68. The topological polar surface area (TPSA) is 279 Å². The predicted molar refractivity (Wildman–Crippen MR) is 339 cm³/mol. The number of nitrogens with zero attached hydrogens (tertiary/aromatic N) is 7. The van der Waals surface area contributed by atoms with Crippen LogP contribution in [0.15, 0.2) is 42.5 Å². The fraction of sp³-hybridized carbons (Fsp3) is 0.708. The Morgan fingerprint density at radius 1 is 0.500 bits per heavy atom. The highest BCUT2D eigenvalue weighted by molar-refractivity contribution is 5.99. The Bertz CT molecular complexity index is 2580. The van der Waals surface area contributed by atoms with Gasteiger partial charge in [0.25, 0.3) is 0 Å². The number of amides is 11. The number of aliphatic hydroxyl groups excluding tert-OH is 1. The minimum Gasteiger partial charge on any atom is -0.390 e. The van der Waals surface area contributed by atoms with Gasteiger partial charge in [-0.25, -0.2) is 0 Å². The van der Waals surface area contributed by atoms with E-state index in [1.807, 2.05) is 41.5 Å². The highest BCUT2D eigenvalue weighted by Gasteiger charge is 2.45. The number of rotatable bonds is 15.